The molecule has 0 spiro atoms. The van der Waals surface area contributed by atoms with Gasteiger partial charge in [0.25, 0.3) is 0 Å². The molecule has 35 valence electrons. The monoisotopic (exact) mass is 209 g/mol. The maximum absolute atomic E-state index is 5.17. The van der Waals surface area contributed by atoms with E-state index in [1.54, 1.807) is 0 Å². The zero-order valence-electron chi connectivity index (χ0n) is 4.41. The molecule has 0 amide bonds. The molecule has 6 heavy (non-hydrogen) atoms. The average Bonchev–Trinajstić information content (AvgIpc) is 1.35. The fourth-order valence-electron chi connectivity index (χ4n) is 0. The summed E-state index contributed by atoms with van der Waals surface area (Å²) in [5, 5.41) is 0. The van der Waals surface area contributed by atoms with E-state index >= 15 is 0 Å². The summed E-state index contributed by atoms with van der Waals surface area (Å²) in [6.45, 7) is 6.55. The summed E-state index contributed by atoms with van der Waals surface area (Å²) in [7, 11) is -1.09. The molecule has 0 unspecified atom stereocenters. The molecule has 3 radical (unpaired) electrons. The molecule has 0 aliphatic carbocycles. The van der Waals surface area contributed by atoms with E-state index in [-0.39, 0.29) is 0 Å². The van der Waals surface area contributed by atoms with Gasteiger partial charge in [-0.25, -0.2) is 0 Å². The van der Waals surface area contributed by atoms with Crippen LogP contribution >= 0.6 is 0 Å². The predicted octanol–water partition coefficient (Wildman–Crippen LogP) is 0.921. The third-order valence-electron chi connectivity index (χ3n) is 0.306. The summed E-state index contributed by atoms with van der Waals surface area (Å²) in [5.74, 6) is 0. The first-order chi connectivity index (χ1) is 2.56. The Labute approximate surface area is 53.8 Å². The van der Waals surface area contributed by atoms with E-state index in [0.717, 1.165) is 0 Å². The Balaban J connectivity index is 3.17. The van der Waals surface area contributed by atoms with Gasteiger partial charge in [-0.1, -0.05) is 0 Å². The van der Waals surface area contributed by atoms with Crippen LogP contribution in [0, 0.1) is 0 Å². The molecule has 0 aliphatic rings. The number of hydrogen-bond acceptors (Lipinski definition) is 1. The Morgan fingerprint density at radius 2 is 1.50 bits per heavy atom. The summed E-state index contributed by atoms with van der Waals surface area (Å²) in [6.07, 6.45) is 0. The van der Waals surface area contributed by atoms with Crippen LogP contribution in [0.2, 0.25) is 19.6 Å². The Morgan fingerprint density at radius 1 is 1.33 bits per heavy atom. The van der Waals surface area contributed by atoms with Gasteiger partial charge in [0, 0.05) is 0 Å². The molecule has 1 nitrogen and oxygen atoms in total. The molecule has 0 N–H and O–H groups in total. The van der Waals surface area contributed by atoms with Crippen molar-refractivity contribution in [2.24, 2.45) is 0 Å². The van der Waals surface area contributed by atoms with Gasteiger partial charge in [0.15, 0.2) is 0 Å². The molecule has 0 aliphatic heterocycles. The van der Waals surface area contributed by atoms with E-state index < -0.39 is 8.32 Å². The van der Waals surface area contributed by atoms with Gasteiger partial charge in [-0.05, 0) is 0 Å². The van der Waals surface area contributed by atoms with Crippen molar-refractivity contribution in [2.45, 2.75) is 19.6 Å². The van der Waals surface area contributed by atoms with Crippen molar-refractivity contribution >= 4 is 31.3 Å². The van der Waals surface area contributed by atoms with Gasteiger partial charge in [0.1, 0.15) is 0 Å². The molecule has 0 heterocycles. The molecular weight excluding hydrogens is 199 g/mol. The minimum absolute atomic E-state index is 1.09. The molecular formula is C3H9OSiSn. The van der Waals surface area contributed by atoms with Crippen LogP contribution in [0.1, 0.15) is 0 Å². The number of hydrogen-bond donors (Lipinski definition) is 0. The standard InChI is InChI=1S/C3H9OSi.Sn/c1-5(2,3)4;/h1-3H3;/q-1;+1. The van der Waals surface area contributed by atoms with Crippen molar-refractivity contribution in [2.75, 3.05) is 0 Å². The molecule has 0 aromatic heterocycles. The zero-order valence-corrected chi connectivity index (χ0v) is 8.26. The minimum atomic E-state index is -1.09. The summed E-state index contributed by atoms with van der Waals surface area (Å²) in [5.41, 5.74) is 0. The van der Waals surface area contributed by atoms with E-state index in [0.29, 0.717) is 0 Å². The van der Waals surface area contributed by atoms with Gasteiger partial charge in [0.05, 0.1) is 0 Å². The molecule has 3 heteroatoms. The van der Waals surface area contributed by atoms with E-state index in [4.69, 9.17) is 2.76 Å². The second-order valence-corrected chi connectivity index (χ2v) is 8.39. The predicted molar refractivity (Wildman–Crippen MR) is 30.2 cm³/mol. The molecule has 0 rings (SSSR count). The van der Waals surface area contributed by atoms with Gasteiger partial charge in [-0.15, -0.1) is 0 Å². The summed E-state index contributed by atoms with van der Waals surface area (Å²) >= 11 is 1.21. The van der Waals surface area contributed by atoms with Gasteiger partial charge in [-0.2, -0.15) is 0 Å². The quantitative estimate of drug-likeness (QED) is 0.582. The van der Waals surface area contributed by atoms with Crippen LogP contribution in [-0.4, -0.2) is 31.3 Å². The molecule has 0 saturated carbocycles. The average molecular weight is 208 g/mol. The van der Waals surface area contributed by atoms with Crippen LogP contribution in [-0.2, 0) is 2.76 Å². The molecule has 0 fully saturated rings. The molecule has 0 atom stereocenters. The van der Waals surface area contributed by atoms with Gasteiger partial charge in [0.2, 0.25) is 0 Å². The van der Waals surface area contributed by atoms with Gasteiger partial charge in [-0.3, -0.25) is 0 Å². The van der Waals surface area contributed by atoms with Crippen molar-refractivity contribution < 1.29 is 2.76 Å². The Hall–Kier alpha value is 0.976. The van der Waals surface area contributed by atoms with Crippen LogP contribution in [0.15, 0.2) is 0 Å². The van der Waals surface area contributed by atoms with Crippen LogP contribution in [0.5, 0.6) is 0 Å². The van der Waals surface area contributed by atoms with Crippen LogP contribution in [0.25, 0.3) is 0 Å². The van der Waals surface area contributed by atoms with Crippen molar-refractivity contribution in [3.05, 3.63) is 0 Å². The number of rotatable bonds is 1. The first-order valence-corrected chi connectivity index (χ1v) is 6.48. The van der Waals surface area contributed by atoms with E-state index in [9.17, 15) is 0 Å². The third kappa shape index (κ3) is 4.98. The van der Waals surface area contributed by atoms with Crippen molar-refractivity contribution in [3.63, 3.8) is 0 Å². The third-order valence-corrected chi connectivity index (χ3v) is 6.16. The normalized spacial score (nSPS) is 12.0. The Bertz CT molecular complexity index is 40.5. The summed E-state index contributed by atoms with van der Waals surface area (Å²) in [4.78, 5) is 0. The fourth-order valence-corrected chi connectivity index (χ4v) is 0. The van der Waals surface area contributed by atoms with Crippen LogP contribution in [0.3, 0.4) is 0 Å². The topological polar surface area (TPSA) is 9.23 Å². The Morgan fingerprint density at radius 3 is 1.50 bits per heavy atom. The first-order valence-electron chi connectivity index (χ1n) is 1.91. The van der Waals surface area contributed by atoms with Crippen LogP contribution < -0.4 is 0 Å². The van der Waals surface area contributed by atoms with Gasteiger partial charge >= 0.3 is 53.7 Å². The molecule has 0 saturated heterocycles. The van der Waals surface area contributed by atoms with E-state index in [2.05, 4.69) is 19.6 Å². The summed E-state index contributed by atoms with van der Waals surface area (Å²) < 4.78 is 5.17. The second kappa shape index (κ2) is 2.33. The SMILES string of the molecule is C[Si](C)(C)[O][Sn]. The second-order valence-electron chi connectivity index (χ2n) is 2.21. The molecule has 0 aromatic rings. The van der Waals surface area contributed by atoms with Crippen molar-refractivity contribution in [3.8, 4) is 0 Å². The summed E-state index contributed by atoms with van der Waals surface area (Å²) in [6, 6.07) is 0. The zero-order chi connectivity index (χ0) is 5.21. The van der Waals surface area contributed by atoms with E-state index in [1.165, 1.54) is 22.9 Å². The maximum atomic E-state index is 5.17. The van der Waals surface area contributed by atoms with Crippen LogP contribution in [0.4, 0.5) is 0 Å². The molecule has 0 bridgehead atoms. The van der Waals surface area contributed by atoms with Gasteiger partial charge < -0.3 is 0 Å². The first kappa shape index (κ1) is 6.98. The fraction of sp³-hybridized carbons (Fsp3) is 1.00. The van der Waals surface area contributed by atoms with Crippen molar-refractivity contribution in [1.82, 2.24) is 0 Å². The molecule has 0 aromatic carbocycles. The Kier molecular flexibility index (Phi) is 2.70. The van der Waals surface area contributed by atoms with Crippen molar-refractivity contribution in [1.29, 1.82) is 0 Å². The van der Waals surface area contributed by atoms with E-state index in [1.807, 2.05) is 0 Å².